The smallest absolute Gasteiger partial charge is 0.255 e. The van der Waals surface area contributed by atoms with Gasteiger partial charge in [-0.1, -0.05) is 78.4 Å². The fourth-order valence-electron chi connectivity index (χ4n) is 6.28. The zero-order chi connectivity index (χ0) is 30.6. The fourth-order valence-corrected chi connectivity index (χ4v) is 7.12. The van der Waals surface area contributed by atoms with Gasteiger partial charge in [-0.05, 0) is 52.9 Å². The molecular formula is C35H31ClFN3O3S. The molecule has 2 fully saturated rings. The Balaban J connectivity index is 1.57. The quantitative estimate of drug-likeness (QED) is 0.249. The second-order valence-corrected chi connectivity index (χ2v) is 12.3. The van der Waals surface area contributed by atoms with Gasteiger partial charge in [0.2, 0.25) is 5.91 Å². The number of benzene rings is 3. The van der Waals surface area contributed by atoms with Crippen molar-refractivity contribution in [1.82, 2.24) is 15.1 Å². The van der Waals surface area contributed by atoms with Crippen LogP contribution in [0.5, 0.6) is 0 Å². The molecule has 6 rings (SSSR count). The SMILES string of the molecule is O=C(c1cccs1)C1C(c2ccc(Cl)cc2)C(C(=O)N2CCNCC2)N(C(=O)c2cccc(F)c2)C1C=Cc1ccccc1. The van der Waals surface area contributed by atoms with Crippen LogP contribution in [0.25, 0.3) is 6.08 Å². The first-order chi connectivity index (χ1) is 21.4. The van der Waals surface area contributed by atoms with E-state index in [1.54, 1.807) is 29.2 Å². The summed E-state index contributed by atoms with van der Waals surface area (Å²) in [5.74, 6) is -2.96. The molecule has 44 heavy (non-hydrogen) atoms. The number of piperazine rings is 1. The summed E-state index contributed by atoms with van der Waals surface area (Å²) >= 11 is 7.61. The average molecular weight is 628 g/mol. The van der Waals surface area contributed by atoms with Crippen molar-refractivity contribution >= 4 is 46.6 Å². The fraction of sp³-hybridized carbons (Fsp3) is 0.229. The molecule has 6 nitrogen and oxygen atoms in total. The van der Waals surface area contributed by atoms with E-state index in [-0.39, 0.29) is 17.3 Å². The van der Waals surface area contributed by atoms with Gasteiger partial charge in [0.05, 0.1) is 16.8 Å². The summed E-state index contributed by atoms with van der Waals surface area (Å²) in [6.45, 7) is 2.19. The molecule has 0 aliphatic carbocycles. The lowest BCUT2D eigenvalue weighted by atomic mass is 9.78. The van der Waals surface area contributed by atoms with Crippen molar-refractivity contribution in [2.24, 2.45) is 5.92 Å². The number of Topliss-reactive ketones (excluding diaryl/α,β-unsaturated/α-hetero) is 1. The summed E-state index contributed by atoms with van der Waals surface area (Å²) in [6, 6.07) is 24.0. The standard InChI is InChI=1S/C35H31ClFN3O3S/c36-26-14-12-24(13-15-26)30-31(33(41)29-10-5-21-44-29)28(16-11-23-6-2-1-3-7-23)40(34(42)25-8-4-9-27(37)22-25)32(30)35(43)39-19-17-38-18-20-39/h1-16,21-22,28,30-32,38H,17-20H2. The van der Waals surface area contributed by atoms with Crippen LogP contribution in [0.15, 0.2) is 102 Å². The van der Waals surface area contributed by atoms with Crippen LogP contribution in [0.4, 0.5) is 4.39 Å². The van der Waals surface area contributed by atoms with E-state index in [9.17, 15) is 18.8 Å². The van der Waals surface area contributed by atoms with Crippen LogP contribution in [0.2, 0.25) is 5.02 Å². The lowest BCUT2D eigenvalue weighted by molar-refractivity contribution is -0.136. The van der Waals surface area contributed by atoms with Crippen LogP contribution in [0, 0.1) is 11.7 Å². The number of hydrogen-bond donors (Lipinski definition) is 1. The van der Waals surface area contributed by atoms with Gasteiger partial charge in [-0.3, -0.25) is 14.4 Å². The van der Waals surface area contributed by atoms with Crippen molar-refractivity contribution in [2.75, 3.05) is 26.2 Å². The molecule has 3 aromatic carbocycles. The number of thiophene rings is 1. The minimum Gasteiger partial charge on any atom is -0.338 e. The van der Waals surface area contributed by atoms with Crippen molar-refractivity contribution in [3.05, 3.63) is 135 Å². The maximum absolute atomic E-state index is 14.6. The Morgan fingerprint density at radius 2 is 1.66 bits per heavy atom. The Labute approximate surface area is 264 Å². The highest BCUT2D eigenvalue weighted by atomic mass is 35.5. The molecule has 2 saturated heterocycles. The minimum atomic E-state index is -1.02. The van der Waals surface area contributed by atoms with Crippen LogP contribution in [-0.4, -0.2) is 65.7 Å². The number of amides is 2. The van der Waals surface area contributed by atoms with Crippen LogP contribution in [-0.2, 0) is 4.79 Å². The lowest BCUT2D eigenvalue weighted by Crippen LogP contribution is -2.55. The van der Waals surface area contributed by atoms with Gasteiger partial charge in [0.1, 0.15) is 11.9 Å². The highest BCUT2D eigenvalue weighted by Crippen LogP contribution is 2.47. The first-order valence-electron chi connectivity index (χ1n) is 14.6. The summed E-state index contributed by atoms with van der Waals surface area (Å²) in [5.41, 5.74) is 1.72. The molecule has 4 unspecified atom stereocenters. The molecule has 0 bridgehead atoms. The molecule has 0 saturated carbocycles. The highest BCUT2D eigenvalue weighted by Gasteiger charge is 2.57. The third-order valence-electron chi connectivity index (χ3n) is 8.31. The van der Waals surface area contributed by atoms with Crippen LogP contribution in [0.3, 0.4) is 0 Å². The Kier molecular flexibility index (Phi) is 9.02. The van der Waals surface area contributed by atoms with E-state index in [1.165, 1.54) is 34.4 Å². The van der Waals surface area contributed by atoms with E-state index in [4.69, 9.17) is 11.6 Å². The molecule has 1 N–H and O–H groups in total. The molecule has 9 heteroatoms. The van der Waals surface area contributed by atoms with E-state index < -0.39 is 35.6 Å². The van der Waals surface area contributed by atoms with Gasteiger partial charge in [-0.15, -0.1) is 11.3 Å². The Morgan fingerprint density at radius 3 is 2.34 bits per heavy atom. The topological polar surface area (TPSA) is 69.7 Å². The van der Waals surface area contributed by atoms with Gasteiger partial charge in [-0.2, -0.15) is 0 Å². The highest BCUT2D eigenvalue weighted by molar-refractivity contribution is 7.12. The van der Waals surface area contributed by atoms with Gasteiger partial charge >= 0.3 is 0 Å². The summed E-state index contributed by atoms with van der Waals surface area (Å²) in [7, 11) is 0. The monoisotopic (exact) mass is 627 g/mol. The number of halogens is 2. The molecule has 4 atom stereocenters. The lowest BCUT2D eigenvalue weighted by Gasteiger charge is -2.36. The molecule has 1 aromatic heterocycles. The molecule has 0 radical (unpaired) electrons. The van der Waals surface area contributed by atoms with Gasteiger partial charge in [0, 0.05) is 42.7 Å². The van der Waals surface area contributed by atoms with Crippen molar-refractivity contribution in [2.45, 2.75) is 18.0 Å². The molecule has 2 aliphatic heterocycles. The maximum Gasteiger partial charge on any atom is 0.255 e. The largest absolute Gasteiger partial charge is 0.338 e. The number of carbonyl (C=O) groups is 3. The van der Waals surface area contributed by atoms with E-state index in [0.717, 1.165) is 11.1 Å². The number of rotatable bonds is 7. The van der Waals surface area contributed by atoms with Crippen molar-refractivity contribution in [1.29, 1.82) is 0 Å². The predicted octanol–water partition coefficient (Wildman–Crippen LogP) is 6.16. The van der Waals surface area contributed by atoms with Gasteiger partial charge in [0.25, 0.3) is 5.91 Å². The molecule has 4 aromatic rings. The molecular weight excluding hydrogens is 597 g/mol. The zero-order valence-corrected chi connectivity index (χ0v) is 25.4. The Morgan fingerprint density at radius 1 is 0.909 bits per heavy atom. The molecule has 0 spiro atoms. The Hall–Kier alpha value is -4.11. The Bertz CT molecular complexity index is 1660. The van der Waals surface area contributed by atoms with Crippen LogP contribution in [0.1, 0.15) is 37.1 Å². The van der Waals surface area contributed by atoms with E-state index >= 15 is 0 Å². The molecule has 2 aliphatic rings. The average Bonchev–Trinajstić information content (AvgIpc) is 3.71. The number of ketones is 1. The number of hydrogen-bond acceptors (Lipinski definition) is 5. The van der Waals surface area contributed by atoms with Crippen LogP contribution >= 0.6 is 22.9 Å². The predicted molar refractivity (Wildman–Crippen MR) is 171 cm³/mol. The maximum atomic E-state index is 14.6. The minimum absolute atomic E-state index is 0.111. The van der Waals surface area contributed by atoms with E-state index in [0.29, 0.717) is 36.1 Å². The third kappa shape index (κ3) is 6.11. The van der Waals surface area contributed by atoms with Gasteiger partial charge in [-0.25, -0.2) is 4.39 Å². The number of carbonyl (C=O) groups excluding carboxylic acids is 3. The second kappa shape index (κ2) is 13.3. The third-order valence-corrected chi connectivity index (χ3v) is 9.45. The summed E-state index contributed by atoms with van der Waals surface area (Å²) in [6.07, 6.45) is 3.72. The summed E-state index contributed by atoms with van der Waals surface area (Å²) < 4.78 is 14.5. The first kappa shape index (κ1) is 29.9. The molecule has 3 heterocycles. The number of nitrogens with zero attached hydrogens (tertiary/aromatic N) is 2. The van der Waals surface area contributed by atoms with Crippen LogP contribution < -0.4 is 5.32 Å². The number of likely N-dealkylation sites (tertiary alicyclic amines) is 1. The normalized spacial score (nSPS) is 22.0. The first-order valence-corrected chi connectivity index (χ1v) is 15.8. The van der Waals surface area contributed by atoms with Crippen molar-refractivity contribution < 1.29 is 18.8 Å². The van der Waals surface area contributed by atoms with E-state index in [2.05, 4.69) is 5.32 Å². The van der Waals surface area contributed by atoms with Gasteiger partial charge < -0.3 is 15.1 Å². The van der Waals surface area contributed by atoms with Crippen molar-refractivity contribution in [3.8, 4) is 0 Å². The second-order valence-electron chi connectivity index (χ2n) is 10.9. The molecule has 224 valence electrons. The van der Waals surface area contributed by atoms with E-state index in [1.807, 2.05) is 66.1 Å². The number of nitrogens with one attached hydrogen (secondary N) is 1. The summed E-state index contributed by atoms with van der Waals surface area (Å²) in [4.78, 5) is 47.4. The molecule has 2 amide bonds. The zero-order valence-electron chi connectivity index (χ0n) is 23.8. The van der Waals surface area contributed by atoms with Gasteiger partial charge in [0.15, 0.2) is 5.78 Å². The van der Waals surface area contributed by atoms with Crippen molar-refractivity contribution in [3.63, 3.8) is 0 Å². The summed E-state index contributed by atoms with van der Waals surface area (Å²) in [5, 5.41) is 5.63.